The van der Waals surface area contributed by atoms with Crippen molar-refractivity contribution in [2.45, 2.75) is 6.92 Å². The molecule has 1 aromatic carbocycles. The predicted octanol–water partition coefficient (Wildman–Crippen LogP) is 5.88. The van der Waals surface area contributed by atoms with Crippen LogP contribution in [0.5, 0.6) is 0 Å². The van der Waals surface area contributed by atoms with E-state index in [-0.39, 0.29) is 5.56 Å². The summed E-state index contributed by atoms with van der Waals surface area (Å²) in [4.78, 5) is 24.7. The maximum absolute atomic E-state index is 12.8. The van der Waals surface area contributed by atoms with Crippen molar-refractivity contribution in [3.8, 4) is 11.1 Å². The monoisotopic (exact) mass is 396 g/mol. The van der Waals surface area contributed by atoms with Gasteiger partial charge in [-0.3, -0.25) is 4.79 Å². The molecule has 4 rings (SSSR count). The van der Waals surface area contributed by atoms with E-state index in [1.54, 1.807) is 23.1 Å². The summed E-state index contributed by atoms with van der Waals surface area (Å²) in [5.74, 6) is 0.627. The van der Waals surface area contributed by atoms with E-state index in [9.17, 15) is 4.79 Å². The first-order valence-electron chi connectivity index (χ1n) is 8.05. The average molecular weight is 397 g/mol. The Kier molecular flexibility index (Phi) is 4.80. The first kappa shape index (κ1) is 17.3. The van der Waals surface area contributed by atoms with Gasteiger partial charge in [0, 0.05) is 20.7 Å². The molecular formula is C20H16N2OS3. The highest BCUT2D eigenvalue weighted by Gasteiger charge is 2.14. The quantitative estimate of drug-likeness (QED) is 0.468. The van der Waals surface area contributed by atoms with Crippen molar-refractivity contribution in [1.29, 1.82) is 0 Å². The molecule has 130 valence electrons. The number of nitrogens with one attached hydrogen (secondary N) is 1. The number of hydrogen-bond acceptors (Lipinski definition) is 5. The zero-order chi connectivity index (χ0) is 18.1. The summed E-state index contributed by atoms with van der Waals surface area (Å²) in [7, 11) is 0. The zero-order valence-corrected chi connectivity index (χ0v) is 16.7. The van der Waals surface area contributed by atoms with Crippen molar-refractivity contribution < 1.29 is 0 Å². The first-order chi connectivity index (χ1) is 12.7. The minimum Gasteiger partial charge on any atom is -0.305 e. The van der Waals surface area contributed by atoms with Crippen LogP contribution in [0.15, 0.2) is 52.6 Å². The highest BCUT2D eigenvalue weighted by Crippen LogP contribution is 2.33. The van der Waals surface area contributed by atoms with Gasteiger partial charge in [0.2, 0.25) is 0 Å². The molecule has 1 N–H and O–H groups in total. The molecule has 3 aromatic heterocycles. The summed E-state index contributed by atoms with van der Waals surface area (Å²) in [6.07, 6.45) is 4.08. The van der Waals surface area contributed by atoms with Gasteiger partial charge in [0.25, 0.3) is 5.56 Å². The van der Waals surface area contributed by atoms with Crippen molar-refractivity contribution >= 4 is 55.6 Å². The van der Waals surface area contributed by atoms with Gasteiger partial charge in [-0.25, -0.2) is 4.98 Å². The van der Waals surface area contributed by atoms with E-state index in [2.05, 4.69) is 30.1 Å². The number of fused-ring (bicyclic) bond motifs is 1. The van der Waals surface area contributed by atoms with Crippen LogP contribution in [0.25, 0.3) is 32.3 Å². The third-order valence-electron chi connectivity index (χ3n) is 4.02. The van der Waals surface area contributed by atoms with Gasteiger partial charge in [0.15, 0.2) is 0 Å². The highest BCUT2D eigenvalue weighted by molar-refractivity contribution is 8.07. The number of thioether (sulfide) groups is 1. The van der Waals surface area contributed by atoms with Crippen molar-refractivity contribution in [2.75, 3.05) is 6.26 Å². The Morgan fingerprint density at radius 3 is 2.69 bits per heavy atom. The van der Waals surface area contributed by atoms with Crippen LogP contribution in [-0.2, 0) is 0 Å². The fourth-order valence-corrected chi connectivity index (χ4v) is 5.16. The summed E-state index contributed by atoms with van der Waals surface area (Å²) in [6, 6.07) is 14.1. The zero-order valence-electron chi connectivity index (χ0n) is 14.3. The van der Waals surface area contributed by atoms with Crippen LogP contribution in [0.2, 0.25) is 0 Å². The summed E-state index contributed by atoms with van der Waals surface area (Å²) in [6.45, 7) is 2.09. The van der Waals surface area contributed by atoms with Gasteiger partial charge in [-0.1, -0.05) is 30.3 Å². The second kappa shape index (κ2) is 7.23. The molecule has 6 heteroatoms. The van der Waals surface area contributed by atoms with Gasteiger partial charge in [-0.2, -0.15) is 0 Å². The molecule has 0 unspecified atom stereocenters. The summed E-state index contributed by atoms with van der Waals surface area (Å²) in [5, 5.41) is 2.68. The molecule has 0 radical (unpaired) electrons. The van der Waals surface area contributed by atoms with Crippen LogP contribution in [0, 0.1) is 6.92 Å². The smallest absolute Gasteiger partial charge is 0.260 e. The minimum absolute atomic E-state index is 0.0904. The van der Waals surface area contributed by atoms with E-state index >= 15 is 0 Å². The van der Waals surface area contributed by atoms with E-state index in [1.165, 1.54) is 16.2 Å². The van der Waals surface area contributed by atoms with Crippen molar-refractivity contribution in [1.82, 2.24) is 9.97 Å². The molecule has 0 saturated heterocycles. The Morgan fingerprint density at radius 2 is 2.00 bits per heavy atom. The van der Waals surface area contributed by atoms with Crippen molar-refractivity contribution in [3.63, 3.8) is 0 Å². The first-order valence-corrected chi connectivity index (χ1v) is 11.0. The Morgan fingerprint density at radius 1 is 1.19 bits per heavy atom. The van der Waals surface area contributed by atoms with Crippen molar-refractivity contribution in [2.24, 2.45) is 0 Å². The molecule has 4 aromatic rings. The molecule has 0 aliphatic heterocycles. The SMILES string of the molecule is CS/C(=C\c1ccc(C)s1)c1nc2scc(-c3ccccc3)c2c(=O)[nH]1. The molecule has 0 aliphatic rings. The summed E-state index contributed by atoms with van der Waals surface area (Å²) >= 11 is 4.83. The molecule has 0 spiro atoms. The highest BCUT2D eigenvalue weighted by atomic mass is 32.2. The Bertz CT molecular complexity index is 1150. The molecule has 0 aliphatic carbocycles. The number of rotatable bonds is 4. The fraction of sp³-hybridized carbons (Fsp3) is 0.100. The van der Waals surface area contributed by atoms with Gasteiger partial charge in [-0.15, -0.1) is 34.4 Å². The molecule has 0 atom stereocenters. The molecular weight excluding hydrogens is 380 g/mol. The largest absolute Gasteiger partial charge is 0.305 e. The molecule has 0 bridgehead atoms. The van der Waals surface area contributed by atoms with Gasteiger partial charge >= 0.3 is 0 Å². The lowest BCUT2D eigenvalue weighted by molar-refractivity contribution is 1.15. The topological polar surface area (TPSA) is 45.8 Å². The number of aromatic nitrogens is 2. The van der Waals surface area contributed by atoms with Gasteiger partial charge in [0.05, 0.1) is 10.3 Å². The van der Waals surface area contributed by atoms with E-state index in [4.69, 9.17) is 4.98 Å². The number of thiophene rings is 2. The normalized spacial score (nSPS) is 12.0. The van der Waals surface area contributed by atoms with E-state index in [0.29, 0.717) is 11.2 Å². The second-order valence-corrected chi connectivity index (χ2v) is 8.80. The third kappa shape index (κ3) is 3.28. The molecule has 0 fully saturated rings. The van der Waals surface area contributed by atoms with Crippen LogP contribution < -0.4 is 5.56 Å². The number of nitrogens with zero attached hydrogens (tertiary/aromatic N) is 1. The summed E-state index contributed by atoms with van der Waals surface area (Å²) in [5.41, 5.74) is 1.88. The fourth-order valence-electron chi connectivity index (χ4n) is 2.78. The number of aryl methyl sites for hydroxylation is 1. The van der Waals surface area contributed by atoms with Crippen molar-refractivity contribution in [3.05, 3.63) is 73.8 Å². The molecule has 26 heavy (non-hydrogen) atoms. The van der Waals surface area contributed by atoms with Crippen LogP contribution in [0.4, 0.5) is 0 Å². The molecule has 3 nitrogen and oxygen atoms in total. The third-order valence-corrected chi connectivity index (χ3v) is 6.59. The summed E-state index contributed by atoms with van der Waals surface area (Å²) < 4.78 is 0. The van der Waals surface area contributed by atoms with E-state index in [0.717, 1.165) is 25.7 Å². The van der Waals surface area contributed by atoms with Crippen LogP contribution in [-0.4, -0.2) is 16.2 Å². The van der Waals surface area contributed by atoms with Gasteiger partial charge < -0.3 is 4.98 Å². The Labute approximate surface area is 163 Å². The number of H-pyrrole nitrogens is 1. The minimum atomic E-state index is -0.0904. The van der Waals surface area contributed by atoms with E-state index < -0.39 is 0 Å². The standard InChI is InChI=1S/C20H16N2OS3/c1-12-8-9-14(26-12)10-16(24-2)18-21-19(23)17-15(11-25-20(17)22-18)13-6-4-3-5-7-13/h3-11H,1-2H3,(H,21,22,23)/b16-10-. The van der Waals surface area contributed by atoms with Gasteiger partial charge in [0.1, 0.15) is 10.7 Å². The van der Waals surface area contributed by atoms with Gasteiger partial charge in [-0.05, 0) is 37.0 Å². The van der Waals surface area contributed by atoms with Crippen LogP contribution >= 0.6 is 34.4 Å². The number of benzene rings is 1. The van der Waals surface area contributed by atoms with Crippen LogP contribution in [0.1, 0.15) is 15.6 Å². The lowest BCUT2D eigenvalue weighted by Gasteiger charge is -2.04. The van der Waals surface area contributed by atoms with E-state index in [1.807, 2.05) is 42.0 Å². The Balaban J connectivity index is 1.83. The maximum Gasteiger partial charge on any atom is 0.260 e. The molecule has 0 amide bonds. The Hall–Kier alpha value is -2.15. The second-order valence-electron chi connectivity index (χ2n) is 5.77. The molecule has 3 heterocycles. The lowest BCUT2D eigenvalue weighted by atomic mass is 10.1. The maximum atomic E-state index is 12.8. The number of hydrogen-bond donors (Lipinski definition) is 1. The lowest BCUT2D eigenvalue weighted by Crippen LogP contribution is -2.10. The van der Waals surface area contributed by atoms with Crippen LogP contribution in [0.3, 0.4) is 0 Å². The molecule has 0 saturated carbocycles. The average Bonchev–Trinajstić information content (AvgIpc) is 3.26. The predicted molar refractivity (Wildman–Crippen MR) is 116 cm³/mol. The number of aromatic amines is 1.